The molecule has 4 nitrogen and oxygen atoms in total. The Labute approximate surface area is 116 Å². The lowest BCUT2D eigenvalue weighted by Crippen LogP contribution is -2.35. The largest absolute Gasteiger partial charge is 0.370 e. The third-order valence-electron chi connectivity index (χ3n) is 2.68. The number of halogens is 1. The summed E-state index contributed by atoms with van der Waals surface area (Å²) in [7, 11) is 0. The van der Waals surface area contributed by atoms with Crippen LogP contribution in [0, 0.1) is 0 Å². The molecule has 0 spiro atoms. The van der Waals surface area contributed by atoms with Gasteiger partial charge in [0.15, 0.2) is 0 Å². The third kappa shape index (κ3) is 3.29. The molecule has 98 valence electrons. The van der Waals surface area contributed by atoms with E-state index in [9.17, 15) is 4.79 Å². The molecule has 2 heterocycles. The van der Waals surface area contributed by atoms with E-state index in [2.05, 4.69) is 15.6 Å². The summed E-state index contributed by atoms with van der Waals surface area (Å²) in [5.41, 5.74) is 0.298. The first-order valence-electron chi connectivity index (χ1n) is 5.99. The Kier molecular flexibility index (Phi) is 4.72. The van der Waals surface area contributed by atoms with Gasteiger partial charge in [0.2, 0.25) is 0 Å². The predicted octanol–water partition coefficient (Wildman–Crippen LogP) is 2.40. The molecule has 18 heavy (non-hydrogen) atoms. The van der Waals surface area contributed by atoms with Crippen molar-refractivity contribution in [1.82, 2.24) is 10.3 Å². The minimum absolute atomic E-state index is 0.188. The average Bonchev–Trinajstić information content (AvgIpc) is 2.84. The van der Waals surface area contributed by atoms with E-state index in [4.69, 9.17) is 11.6 Å². The Morgan fingerprint density at radius 1 is 1.61 bits per heavy atom. The Balaban J connectivity index is 2.09. The first kappa shape index (κ1) is 13.5. The molecule has 1 aliphatic heterocycles. The van der Waals surface area contributed by atoms with Crippen molar-refractivity contribution in [2.75, 3.05) is 23.4 Å². The number of hydrogen-bond donors (Lipinski definition) is 2. The van der Waals surface area contributed by atoms with Crippen LogP contribution < -0.4 is 10.6 Å². The first-order chi connectivity index (χ1) is 8.70. The zero-order valence-electron chi connectivity index (χ0n) is 10.2. The number of hydrogen-bond acceptors (Lipinski definition) is 4. The molecule has 1 amide bonds. The number of aromatic nitrogens is 1. The maximum atomic E-state index is 12.1. The summed E-state index contributed by atoms with van der Waals surface area (Å²) in [6.07, 6.45) is 1.01. The van der Waals surface area contributed by atoms with Gasteiger partial charge < -0.3 is 10.6 Å². The normalized spacial score (nSPS) is 18.7. The Bertz CT molecular complexity index is 435. The van der Waals surface area contributed by atoms with E-state index < -0.39 is 0 Å². The Morgan fingerprint density at radius 2 is 2.44 bits per heavy atom. The molecule has 1 atom stereocenters. The van der Waals surface area contributed by atoms with Crippen molar-refractivity contribution in [2.45, 2.75) is 19.4 Å². The highest BCUT2D eigenvalue weighted by Gasteiger charge is 2.20. The van der Waals surface area contributed by atoms with Crippen LogP contribution in [-0.4, -0.2) is 35.0 Å². The van der Waals surface area contributed by atoms with E-state index >= 15 is 0 Å². The number of carbonyl (C=O) groups is 1. The van der Waals surface area contributed by atoms with Crippen molar-refractivity contribution >= 4 is 35.1 Å². The molecular weight excluding hydrogens is 270 g/mol. The van der Waals surface area contributed by atoms with Gasteiger partial charge in [0.1, 0.15) is 11.5 Å². The molecule has 0 radical (unpaired) electrons. The van der Waals surface area contributed by atoms with E-state index in [1.165, 1.54) is 0 Å². The van der Waals surface area contributed by atoms with Gasteiger partial charge >= 0.3 is 0 Å². The fraction of sp³-hybridized carbons (Fsp3) is 0.500. The summed E-state index contributed by atoms with van der Waals surface area (Å²) in [6.45, 7) is 2.74. The molecule has 1 aromatic rings. The lowest BCUT2D eigenvalue weighted by Gasteiger charge is -2.12. The molecule has 0 aromatic carbocycles. The highest BCUT2D eigenvalue weighted by Crippen LogP contribution is 2.20. The van der Waals surface area contributed by atoms with Gasteiger partial charge in [-0.3, -0.25) is 4.79 Å². The number of anilines is 1. The van der Waals surface area contributed by atoms with Gasteiger partial charge in [-0.2, -0.15) is 11.8 Å². The van der Waals surface area contributed by atoms with Crippen LogP contribution >= 0.6 is 23.4 Å². The van der Waals surface area contributed by atoms with Crippen molar-refractivity contribution in [2.24, 2.45) is 0 Å². The summed E-state index contributed by atoms with van der Waals surface area (Å²) >= 11 is 7.87. The molecule has 6 heteroatoms. The number of rotatable bonds is 4. The number of nitrogens with zero attached hydrogens (tertiary/aromatic N) is 1. The van der Waals surface area contributed by atoms with Gasteiger partial charge in [0.05, 0.1) is 5.02 Å². The lowest BCUT2D eigenvalue weighted by atomic mass is 10.2. The molecule has 0 aliphatic carbocycles. The summed E-state index contributed by atoms with van der Waals surface area (Å²) in [4.78, 5) is 16.3. The monoisotopic (exact) mass is 285 g/mol. The van der Waals surface area contributed by atoms with E-state index in [0.717, 1.165) is 24.5 Å². The quantitative estimate of drug-likeness (QED) is 0.892. The van der Waals surface area contributed by atoms with Gasteiger partial charge in [0, 0.05) is 18.3 Å². The van der Waals surface area contributed by atoms with Gasteiger partial charge in [0.25, 0.3) is 5.91 Å². The number of carbonyl (C=O) groups excluding carboxylic acids is 1. The van der Waals surface area contributed by atoms with Crippen LogP contribution in [-0.2, 0) is 0 Å². The van der Waals surface area contributed by atoms with Gasteiger partial charge in [-0.25, -0.2) is 4.98 Å². The van der Waals surface area contributed by atoms with Gasteiger partial charge in [-0.1, -0.05) is 11.6 Å². The fourth-order valence-electron chi connectivity index (χ4n) is 1.78. The van der Waals surface area contributed by atoms with Crippen molar-refractivity contribution in [1.29, 1.82) is 0 Å². The Hall–Kier alpha value is -0.940. The van der Waals surface area contributed by atoms with E-state index in [0.29, 0.717) is 16.5 Å². The van der Waals surface area contributed by atoms with Crippen LogP contribution in [0.25, 0.3) is 0 Å². The summed E-state index contributed by atoms with van der Waals surface area (Å²) in [6, 6.07) is 3.71. The predicted molar refractivity (Wildman–Crippen MR) is 76.6 cm³/mol. The standard InChI is InChI=1S/C12H16ClN3OS/c1-2-14-10-4-3-9(13)11(16-10)12(17)15-8-5-6-18-7-8/h3-4,8H,2,5-7H2,1H3,(H,14,16)(H,15,17). The molecule has 2 N–H and O–H groups in total. The van der Waals surface area contributed by atoms with Crippen LogP contribution in [0.4, 0.5) is 5.82 Å². The van der Waals surface area contributed by atoms with E-state index in [-0.39, 0.29) is 11.9 Å². The fourth-order valence-corrected chi connectivity index (χ4v) is 3.13. The number of thioether (sulfide) groups is 1. The average molecular weight is 286 g/mol. The number of pyridine rings is 1. The number of nitrogens with one attached hydrogen (secondary N) is 2. The van der Waals surface area contributed by atoms with Crippen LogP contribution in [0.15, 0.2) is 12.1 Å². The summed E-state index contributed by atoms with van der Waals surface area (Å²) in [5, 5.41) is 6.43. The molecule has 1 aromatic heterocycles. The Morgan fingerprint density at radius 3 is 3.11 bits per heavy atom. The SMILES string of the molecule is CCNc1ccc(Cl)c(C(=O)NC2CCSC2)n1. The van der Waals surface area contributed by atoms with Crippen LogP contribution in [0.5, 0.6) is 0 Å². The second-order valence-electron chi connectivity index (χ2n) is 4.09. The molecule has 0 saturated carbocycles. The molecule has 2 rings (SSSR count). The molecular formula is C12H16ClN3OS. The van der Waals surface area contributed by atoms with Crippen molar-refractivity contribution < 1.29 is 4.79 Å². The maximum absolute atomic E-state index is 12.1. The third-order valence-corrected chi connectivity index (χ3v) is 4.15. The van der Waals surface area contributed by atoms with Gasteiger partial charge in [-0.15, -0.1) is 0 Å². The maximum Gasteiger partial charge on any atom is 0.271 e. The summed E-state index contributed by atoms with van der Waals surface area (Å²) in [5.74, 6) is 2.56. The van der Waals surface area contributed by atoms with E-state index in [1.807, 2.05) is 18.7 Å². The lowest BCUT2D eigenvalue weighted by molar-refractivity contribution is 0.0936. The van der Waals surface area contributed by atoms with Crippen LogP contribution in [0.3, 0.4) is 0 Å². The van der Waals surface area contributed by atoms with Crippen molar-refractivity contribution in [3.05, 3.63) is 22.8 Å². The molecule has 1 fully saturated rings. The zero-order valence-corrected chi connectivity index (χ0v) is 11.8. The zero-order chi connectivity index (χ0) is 13.0. The molecule has 1 aliphatic rings. The minimum Gasteiger partial charge on any atom is -0.370 e. The van der Waals surface area contributed by atoms with Crippen molar-refractivity contribution in [3.8, 4) is 0 Å². The van der Waals surface area contributed by atoms with Crippen molar-refractivity contribution in [3.63, 3.8) is 0 Å². The highest BCUT2D eigenvalue weighted by atomic mass is 35.5. The number of amides is 1. The topological polar surface area (TPSA) is 54.0 Å². The second kappa shape index (κ2) is 6.29. The summed E-state index contributed by atoms with van der Waals surface area (Å²) < 4.78 is 0. The van der Waals surface area contributed by atoms with Crippen LogP contribution in [0.2, 0.25) is 5.02 Å². The van der Waals surface area contributed by atoms with E-state index in [1.54, 1.807) is 12.1 Å². The van der Waals surface area contributed by atoms with Crippen LogP contribution in [0.1, 0.15) is 23.8 Å². The molecule has 1 unspecified atom stereocenters. The first-order valence-corrected chi connectivity index (χ1v) is 7.53. The second-order valence-corrected chi connectivity index (χ2v) is 5.65. The smallest absolute Gasteiger partial charge is 0.271 e. The minimum atomic E-state index is -0.188. The molecule has 1 saturated heterocycles. The van der Waals surface area contributed by atoms with Gasteiger partial charge in [-0.05, 0) is 31.2 Å². The highest BCUT2D eigenvalue weighted by molar-refractivity contribution is 7.99. The molecule has 0 bridgehead atoms.